The van der Waals surface area contributed by atoms with Gasteiger partial charge < -0.3 is 19.1 Å². The summed E-state index contributed by atoms with van der Waals surface area (Å²) in [7, 11) is 3.12. The van der Waals surface area contributed by atoms with Gasteiger partial charge in [-0.05, 0) is 24.1 Å². The van der Waals surface area contributed by atoms with Crippen molar-refractivity contribution < 1.29 is 19.0 Å². The third-order valence-electron chi connectivity index (χ3n) is 4.44. The molecule has 1 atom stereocenters. The Morgan fingerprint density at radius 1 is 1.08 bits per heavy atom. The van der Waals surface area contributed by atoms with E-state index >= 15 is 0 Å². The van der Waals surface area contributed by atoms with Gasteiger partial charge in [-0.3, -0.25) is 4.79 Å². The molecule has 0 aliphatic carbocycles. The summed E-state index contributed by atoms with van der Waals surface area (Å²) in [6, 6.07) is 15.5. The molecule has 1 unspecified atom stereocenters. The van der Waals surface area contributed by atoms with Gasteiger partial charge in [0, 0.05) is 6.54 Å². The molecule has 1 fully saturated rings. The summed E-state index contributed by atoms with van der Waals surface area (Å²) < 4.78 is 16.4. The van der Waals surface area contributed by atoms with Crippen LogP contribution in [0, 0.1) is 0 Å². The van der Waals surface area contributed by atoms with Gasteiger partial charge in [0.15, 0.2) is 0 Å². The summed E-state index contributed by atoms with van der Waals surface area (Å²) in [4.78, 5) is 15.1. The van der Waals surface area contributed by atoms with Crippen molar-refractivity contribution in [3.8, 4) is 11.5 Å². The maximum atomic E-state index is 13.3. The molecule has 25 heavy (non-hydrogen) atoms. The van der Waals surface area contributed by atoms with Crippen LogP contribution in [0.2, 0.25) is 0 Å². The molecule has 0 aromatic heterocycles. The van der Waals surface area contributed by atoms with Crippen LogP contribution in [-0.4, -0.2) is 50.8 Å². The molecule has 5 nitrogen and oxygen atoms in total. The first-order valence-electron chi connectivity index (χ1n) is 8.38. The third-order valence-corrected chi connectivity index (χ3v) is 4.44. The highest BCUT2D eigenvalue weighted by Crippen LogP contribution is 2.31. The monoisotopic (exact) mass is 341 g/mol. The Morgan fingerprint density at radius 2 is 1.76 bits per heavy atom. The lowest BCUT2D eigenvalue weighted by atomic mass is 10.0. The van der Waals surface area contributed by atoms with Crippen LogP contribution in [0.4, 0.5) is 0 Å². The zero-order valence-electron chi connectivity index (χ0n) is 14.6. The largest absolute Gasteiger partial charge is 0.496 e. The summed E-state index contributed by atoms with van der Waals surface area (Å²) in [5.74, 6) is 0.960. The number of methoxy groups -OCH3 is 2. The maximum Gasteiger partial charge on any atom is 0.261 e. The van der Waals surface area contributed by atoms with E-state index in [1.54, 1.807) is 26.4 Å². The van der Waals surface area contributed by atoms with Gasteiger partial charge in [0.2, 0.25) is 0 Å². The van der Waals surface area contributed by atoms with Crippen molar-refractivity contribution in [3.63, 3.8) is 0 Å². The van der Waals surface area contributed by atoms with E-state index in [4.69, 9.17) is 14.2 Å². The summed E-state index contributed by atoms with van der Waals surface area (Å²) >= 11 is 0. The summed E-state index contributed by atoms with van der Waals surface area (Å²) in [6.07, 6.45) is 0.754. The van der Waals surface area contributed by atoms with E-state index in [9.17, 15) is 4.79 Å². The van der Waals surface area contributed by atoms with Crippen LogP contribution in [0.1, 0.15) is 15.9 Å². The van der Waals surface area contributed by atoms with Crippen LogP contribution >= 0.6 is 0 Å². The van der Waals surface area contributed by atoms with E-state index < -0.39 is 0 Å². The number of benzene rings is 2. The molecule has 1 aliphatic heterocycles. The molecule has 2 aromatic carbocycles. The molecule has 132 valence electrons. The normalized spacial score (nSPS) is 17.2. The number of carbonyl (C=O) groups is 1. The molecule has 0 N–H and O–H groups in total. The van der Waals surface area contributed by atoms with Crippen LogP contribution in [0.15, 0.2) is 48.5 Å². The Morgan fingerprint density at radius 3 is 2.40 bits per heavy atom. The maximum absolute atomic E-state index is 13.3. The van der Waals surface area contributed by atoms with E-state index in [-0.39, 0.29) is 11.9 Å². The van der Waals surface area contributed by atoms with Gasteiger partial charge in [0.25, 0.3) is 5.91 Å². The minimum absolute atomic E-state index is 0.0155. The van der Waals surface area contributed by atoms with E-state index in [1.165, 1.54) is 5.56 Å². The molecule has 2 aromatic rings. The second-order valence-corrected chi connectivity index (χ2v) is 5.95. The summed E-state index contributed by atoms with van der Waals surface area (Å²) in [5, 5.41) is 0. The average molecular weight is 341 g/mol. The number of morpholine rings is 1. The Labute approximate surface area is 148 Å². The second kappa shape index (κ2) is 8.03. The van der Waals surface area contributed by atoms with Crippen molar-refractivity contribution in [3.05, 3.63) is 59.7 Å². The smallest absolute Gasteiger partial charge is 0.261 e. The SMILES string of the molecule is COc1cccc(OC)c1C(=O)N1CCOCC1Cc1ccccc1. The summed E-state index contributed by atoms with van der Waals surface area (Å²) in [6.45, 7) is 1.62. The minimum atomic E-state index is -0.0847. The lowest BCUT2D eigenvalue weighted by Gasteiger charge is -2.36. The molecule has 5 heteroatoms. The number of rotatable bonds is 5. The fraction of sp³-hybridized carbons (Fsp3) is 0.350. The van der Waals surface area contributed by atoms with Gasteiger partial charge in [-0.15, -0.1) is 0 Å². The fourth-order valence-corrected chi connectivity index (χ4v) is 3.18. The van der Waals surface area contributed by atoms with Crippen molar-refractivity contribution >= 4 is 5.91 Å². The van der Waals surface area contributed by atoms with Gasteiger partial charge in [0.1, 0.15) is 17.1 Å². The third kappa shape index (κ3) is 3.77. The lowest BCUT2D eigenvalue weighted by Crippen LogP contribution is -2.49. The van der Waals surface area contributed by atoms with Crippen LogP contribution in [0.3, 0.4) is 0 Å². The fourth-order valence-electron chi connectivity index (χ4n) is 3.18. The van der Waals surface area contributed by atoms with Crippen LogP contribution in [0.25, 0.3) is 0 Å². The highest BCUT2D eigenvalue weighted by molar-refractivity contribution is 6.00. The summed E-state index contributed by atoms with van der Waals surface area (Å²) in [5.41, 5.74) is 1.65. The molecule has 0 radical (unpaired) electrons. The van der Waals surface area contributed by atoms with Gasteiger partial charge >= 0.3 is 0 Å². The zero-order chi connectivity index (χ0) is 17.6. The number of amides is 1. The molecular weight excluding hydrogens is 318 g/mol. The first-order valence-corrected chi connectivity index (χ1v) is 8.38. The molecule has 0 spiro atoms. The standard InChI is InChI=1S/C20H23NO4/c1-23-17-9-6-10-18(24-2)19(17)20(22)21-11-12-25-14-16(21)13-15-7-4-3-5-8-15/h3-10,16H,11-14H2,1-2H3. The van der Waals surface area contributed by atoms with Crippen LogP contribution in [-0.2, 0) is 11.2 Å². The zero-order valence-corrected chi connectivity index (χ0v) is 14.6. The molecule has 1 heterocycles. The number of nitrogens with zero attached hydrogens (tertiary/aromatic N) is 1. The number of ether oxygens (including phenoxy) is 3. The molecular formula is C20H23NO4. The van der Waals surface area contributed by atoms with Crippen LogP contribution in [0.5, 0.6) is 11.5 Å². The number of hydrogen-bond acceptors (Lipinski definition) is 4. The van der Waals surface area contributed by atoms with E-state index in [1.807, 2.05) is 29.2 Å². The van der Waals surface area contributed by atoms with Crippen molar-refractivity contribution in [2.45, 2.75) is 12.5 Å². The van der Waals surface area contributed by atoms with Gasteiger partial charge in [0.05, 0.1) is 33.5 Å². The van der Waals surface area contributed by atoms with Gasteiger partial charge in [-0.25, -0.2) is 0 Å². The molecule has 1 amide bonds. The lowest BCUT2D eigenvalue weighted by molar-refractivity contribution is -0.00193. The van der Waals surface area contributed by atoms with Crippen molar-refractivity contribution in [1.29, 1.82) is 0 Å². The van der Waals surface area contributed by atoms with Crippen molar-refractivity contribution in [2.24, 2.45) is 0 Å². The van der Waals surface area contributed by atoms with E-state index in [0.717, 1.165) is 6.42 Å². The Hall–Kier alpha value is -2.53. The molecule has 0 bridgehead atoms. The average Bonchev–Trinajstić information content (AvgIpc) is 2.68. The molecule has 0 saturated carbocycles. The first kappa shape index (κ1) is 17.3. The van der Waals surface area contributed by atoms with Crippen LogP contribution < -0.4 is 9.47 Å². The highest BCUT2D eigenvalue weighted by atomic mass is 16.5. The Kier molecular flexibility index (Phi) is 5.56. The highest BCUT2D eigenvalue weighted by Gasteiger charge is 2.31. The second-order valence-electron chi connectivity index (χ2n) is 5.95. The van der Waals surface area contributed by atoms with E-state index in [2.05, 4.69) is 12.1 Å². The Balaban J connectivity index is 1.89. The predicted molar refractivity (Wildman–Crippen MR) is 95.3 cm³/mol. The predicted octanol–water partition coefficient (Wildman–Crippen LogP) is 2.79. The molecule has 3 rings (SSSR count). The topological polar surface area (TPSA) is 48.0 Å². The van der Waals surface area contributed by atoms with Gasteiger partial charge in [-0.2, -0.15) is 0 Å². The van der Waals surface area contributed by atoms with Crippen molar-refractivity contribution in [1.82, 2.24) is 4.90 Å². The van der Waals surface area contributed by atoms with Gasteiger partial charge in [-0.1, -0.05) is 36.4 Å². The Bertz CT molecular complexity index is 695. The number of hydrogen-bond donors (Lipinski definition) is 0. The quantitative estimate of drug-likeness (QED) is 0.839. The van der Waals surface area contributed by atoms with Crippen molar-refractivity contribution in [2.75, 3.05) is 34.0 Å². The molecule has 1 aliphatic rings. The first-order chi connectivity index (χ1) is 12.2. The van der Waals surface area contributed by atoms with E-state index in [0.29, 0.717) is 36.8 Å². The number of carbonyl (C=O) groups excluding carboxylic acids is 1. The molecule has 1 saturated heterocycles. The minimum Gasteiger partial charge on any atom is -0.496 e.